The first-order valence-electron chi connectivity index (χ1n) is 9.55. The molecule has 1 N–H and O–H groups in total. The van der Waals surface area contributed by atoms with Gasteiger partial charge in [-0.25, -0.2) is 8.42 Å². The maximum atomic E-state index is 12.4. The average Bonchev–Trinajstić information content (AvgIpc) is 2.77. The van der Waals surface area contributed by atoms with Gasteiger partial charge in [0.1, 0.15) is 23.8 Å². The second kappa shape index (κ2) is 9.99. The van der Waals surface area contributed by atoms with E-state index in [9.17, 15) is 13.2 Å². The van der Waals surface area contributed by atoms with Gasteiger partial charge in [0.05, 0.1) is 19.1 Å². The Labute approximate surface area is 182 Å². The van der Waals surface area contributed by atoms with Crippen LogP contribution in [0.25, 0.3) is 0 Å². The Morgan fingerprint density at radius 1 is 0.903 bits per heavy atom. The minimum Gasteiger partial charge on any atom is -0.497 e. The zero-order valence-corrected chi connectivity index (χ0v) is 18.1. The van der Waals surface area contributed by atoms with Crippen molar-refractivity contribution >= 4 is 21.6 Å². The van der Waals surface area contributed by atoms with E-state index in [2.05, 4.69) is 5.32 Å². The molecule has 0 aliphatic carbocycles. The highest BCUT2D eigenvalue weighted by atomic mass is 32.2. The molecule has 3 rings (SSSR count). The van der Waals surface area contributed by atoms with Crippen LogP contribution in [0.2, 0.25) is 0 Å². The molecule has 0 unspecified atom stereocenters. The highest BCUT2D eigenvalue weighted by molar-refractivity contribution is 7.92. The Bertz CT molecular complexity index is 1120. The van der Waals surface area contributed by atoms with Crippen LogP contribution in [0.15, 0.2) is 78.9 Å². The van der Waals surface area contributed by atoms with Gasteiger partial charge >= 0.3 is 0 Å². The molecule has 0 heterocycles. The second-order valence-corrected chi connectivity index (χ2v) is 8.71. The number of para-hydroxylation sites is 1. The summed E-state index contributed by atoms with van der Waals surface area (Å²) in [5.41, 5.74) is 1.22. The highest BCUT2D eigenvalue weighted by Crippen LogP contribution is 2.25. The number of nitrogens with one attached hydrogen (secondary N) is 1. The van der Waals surface area contributed by atoms with E-state index in [1.54, 1.807) is 37.4 Å². The molecule has 0 bridgehead atoms. The summed E-state index contributed by atoms with van der Waals surface area (Å²) in [5, 5.41) is 2.74. The molecule has 0 aliphatic rings. The molecule has 7 nitrogen and oxygen atoms in total. The second-order valence-electron chi connectivity index (χ2n) is 6.81. The van der Waals surface area contributed by atoms with Crippen molar-refractivity contribution in [3.05, 3.63) is 84.4 Å². The molecule has 31 heavy (non-hydrogen) atoms. The van der Waals surface area contributed by atoms with Crippen LogP contribution in [0, 0.1) is 0 Å². The predicted molar refractivity (Wildman–Crippen MR) is 120 cm³/mol. The van der Waals surface area contributed by atoms with E-state index < -0.39 is 15.9 Å². The molecule has 3 aromatic rings. The summed E-state index contributed by atoms with van der Waals surface area (Å²) >= 11 is 0. The first-order valence-corrected chi connectivity index (χ1v) is 11.4. The zero-order valence-electron chi connectivity index (χ0n) is 17.3. The lowest BCUT2D eigenvalue weighted by atomic mass is 10.2. The fourth-order valence-electron chi connectivity index (χ4n) is 2.87. The largest absolute Gasteiger partial charge is 0.497 e. The number of sulfonamides is 1. The molecule has 162 valence electrons. The average molecular weight is 441 g/mol. The third kappa shape index (κ3) is 6.48. The minimum absolute atomic E-state index is 0.261. The molecular weight excluding hydrogens is 416 g/mol. The number of methoxy groups -OCH3 is 1. The molecule has 0 radical (unpaired) electrons. The molecule has 3 aromatic carbocycles. The summed E-state index contributed by atoms with van der Waals surface area (Å²) in [5.74, 6) is 1.50. The van der Waals surface area contributed by atoms with Crippen molar-refractivity contribution < 1.29 is 22.7 Å². The fraction of sp³-hybridized carbons (Fsp3) is 0.174. The number of rotatable bonds is 9. The first-order chi connectivity index (χ1) is 14.8. The van der Waals surface area contributed by atoms with E-state index in [1.807, 2.05) is 48.5 Å². The number of hydrogen-bond donors (Lipinski definition) is 1. The summed E-state index contributed by atoms with van der Waals surface area (Å²) < 4.78 is 36.5. The molecule has 0 spiro atoms. The van der Waals surface area contributed by atoms with Crippen molar-refractivity contribution in [2.45, 2.75) is 6.54 Å². The van der Waals surface area contributed by atoms with Crippen LogP contribution in [0.1, 0.15) is 5.56 Å². The number of nitrogens with zero attached hydrogens (tertiary/aromatic N) is 1. The van der Waals surface area contributed by atoms with Crippen LogP contribution in [0.4, 0.5) is 5.69 Å². The van der Waals surface area contributed by atoms with E-state index in [-0.39, 0.29) is 13.1 Å². The molecule has 0 aliphatic heterocycles. The predicted octanol–water partition coefficient (Wildman–Crippen LogP) is 3.57. The van der Waals surface area contributed by atoms with E-state index in [1.165, 1.54) is 0 Å². The van der Waals surface area contributed by atoms with E-state index in [0.29, 0.717) is 22.9 Å². The highest BCUT2D eigenvalue weighted by Gasteiger charge is 2.21. The quantitative estimate of drug-likeness (QED) is 0.550. The lowest BCUT2D eigenvalue weighted by molar-refractivity contribution is -0.119. The van der Waals surface area contributed by atoms with E-state index in [4.69, 9.17) is 9.47 Å². The number of carbonyl (C=O) groups is 1. The van der Waals surface area contributed by atoms with Gasteiger partial charge in [0, 0.05) is 6.54 Å². The fourth-order valence-corrected chi connectivity index (χ4v) is 3.73. The third-order valence-corrected chi connectivity index (χ3v) is 5.56. The molecule has 8 heteroatoms. The standard InChI is InChI=1S/C23H24N2O5S/c1-29-22-10-6-7-18(15-22)16-24-23(26)17-25(31(2,27)28)19-11-13-21(14-12-19)30-20-8-4-3-5-9-20/h3-15H,16-17H2,1-2H3,(H,24,26). The Hall–Kier alpha value is -3.52. The Kier molecular flexibility index (Phi) is 7.15. The van der Waals surface area contributed by atoms with Crippen LogP contribution in [0.3, 0.4) is 0 Å². The van der Waals surface area contributed by atoms with Crippen molar-refractivity contribution in [3.8, 4) is 17.2 Å². The first kappa shape index (κ1) is 22.2. The molecular formula is C23H24N2O5S. The number of anilines is 1. The molecule has 0 saturated heterocycles. The lowest BCUT2D eigenvalue weighted by Crippen LogP contribution is -2.40. The molecule has 1 amide bonds. The van der Waals surface area contributed by atoms with Gasteiger partial charge in [-0.1, -0.05) is 30.3 Å². The topological polar surface area (TPSA) is 84.9 Å². The Balaban J connectivity index is 1.66. The van der Waals surface area contributed by atoms with Crippen LogP contribution >= 0.6 is 0 Å². The molecule has 0 aromatic heterocycles. The van der Waals surface area contributed by atoms with Gasteiger partial charge in [-0.2, -0.15) is 0 Å². The lowest BCUT2D eigenvalue weighted by Gasteiger charge is -2.22. The maximum absolute atomic E-state index is 12.4. The van der Waals surface area contributed by atoms with E-state index >= 15 is 0 Å². The van der Waals surface area contributed by atoms with Gasteiger partial charge in [-0.3, -0.25) is 9.10 Å². The van der Waals surface area contributed by atoms with Gasteiger partial charge < -0.3 is 14.8 Å². The van der Waals surface area contributed by atoms with Crippen molar-refractivity contribution in [3.63, 3.8) is 0 Å². The summed E-state index contributed by atoms with van der Waals surface area (Å²) in [7, 11) is -2.10. The van der Waals surface area contributed by atoms with Gasteiger partial charge in [-0.15, -0.1) is 0 Å². The summed E-state index contributed by atoms with van der Waals surface area (Å²) in [4.78, 5) is 12.4. The third-order valence-electron chi connectivity index (χ3n) is 4.41. The van der Waals surface area contributed by atoms with Gasteiger partial charge in [0.2, 0.25) is 15.9 Å². The van der Waals surface area contributed by atoms with Crippen LogP contribution in [0.5, 0.6) is 17.2 Å². The molecule has 0 atom stereocenters. The summed E-state index contributed by atoms with van der Waals surface area (Å²) in [6.45, 7) is -0.0703. The number of amides is 1. The number of carbonyl (C=O) groups excluding carboxylic acids is 1. The van der Waals surface area contributed by atoms with Crippen molar-refractivity contribution in [2.75, 3.05) is 24.2 Å². The zero-order chi connectivity index (χ0) is 22.3. The smallest absolute Gasteiger partial charge is 0.241 e. The number of ether oxygens (including phenoxy) is 2. The molecule has 0 saturated carbocycles. The van der Waals surface area contributed by atoms with Crippen molar-refractivity contribution in [2.24, 2.45) is 0 Å². The van der Waals surface area contributed by atoms with Crippen LogP contribution < -0.4 is 19.1 Å². The Morgan fingerprint density at radius 2 is 1.55 bits per heavy atom. The van der Waals surface area contributed by atoms with Gasteiger partial charge in [0.15, 0.2) is 0 Å². The summed E-state index contributed by atoms with van der Waals surface area (Å²) in [6, 6.07) is 23.1. The van der Waals surface area contributed by atoms with Gasteiger partial charge in [0.25, 0.3) is 0 Å². The van der Waals surface area contributed by atoms with Gasteiger partial charge in [-0.05, 0) is 54.1 Å². The normalized spacial score (nSPS) is 10.9. The van der Waals surface area contributed by atoms with Crippen molar-refractivity contribution in [1.29, 1.82) is 0 Å². The monoisotopic (exact) mass is 440 g/mol. The number of benzene rings is 3. The van der Waals surface area contributed by atoms with Crippen LogP contribution in [-0.2, 0) is 21.4 Å². The van der Waals surface area contributed by atoms with Crippen molar-refractivity contribution in [1.82, 2.24) is 5.32 Å². The maximum Gasteiger partial charge on any atom is 0.241 e. The Morgan fingerprint density at radius 3 is 2.19 bits per heavy atom. The summed E-state index contributed by atoms with van der Waals surface area (Å²) in [6.07, 6.45) is 1.07. The minimum atomic E-state index is -3.67. The SMILES string of the molecule is COc1cccc(CNC(=O)CN(c2ccc(Oc3ccccc3)cc2)S(C)(=O)=O)c1. The number of hydrogen-bond acceptors (Lipinski definition) is 5. The van der Waals surface area contributed by atoms with Crippen LogP contribution in [-0.4, -0.2) is 34.2 Å². The van der Waals surface area contributed by atoms with E-state index in [0.717, 1.165) is 16.1 Å². The molecule has 0 fully saturated rings.